The van der Waals surface area contributed by atoms with Crippen molar-refractivity contribution >= 4 is 51.3 Å². The smallest absolute Gasteiger partial charge is 0.286 e. The Balaban J connectivity index is 0.000000213. The van der Waals surface area contributed by atoms with Gasteiger partial charge in [-0.25, -0.2) is 4.39 Å². The molecule has 3 amide bonds. The lowest BCUT2D eigenvalue weighted by Crippen LogP contribution is -2.41. The molecule has 3 aliphatic heterocycles. The minimum absolute atomic E-state index is 0. The van der Waals surface area contributed by atoms with Gasteiger partial charge in [0.15, 0.2) is 17.2 Å². The number of carbonyl (C=O) groups is 4. The molecular weight excluding hydrogens is 477 g/mol. The molecule has 3 aliphatic rings. The molecule has 0 unspecified atom stereocenters. The zero-order valence-electron chi connectivity index (χ0n) is 20.0. The monoisotopic (exact) mass is 509 g/mol. The second-order valence-corrected chi connectivity index (χ2v) is 9.79. The lowest BCUT2D eigenvalue weighted by Gasteiger charge is -2.25. The molecule has 2 N–H and O–H groups in total. The number of nitrogens with zero attached hydrogens (tertiary/aromatic N) is 1. The van der Waals surface area contributed by atoms with E-state index in [1.807, 2.05) is 5.32 Å². The maximum absolute atomic E-state index is 13.5. The molecular formula is C24H32FN3O6S. The van der Waals surface area contributed by atoms with Crippen LogP contribution in [0, 0.1) is 5.82 Å². The van der Waals surface area contributed by atoms with Gasteiger partial charge in [-0.1, -0.05) is 24.8 Å². The van der Waals surface area contributed by atoms with E-state index in [-0.39, 0.29) is 30.9 Å². The quantitative estimate of drug-likeness (QED) is 0.465. The lowest BCUT2D eigenvalue weighted by atomic mass is 10.1. The van der Waals surface area contributed by atoms with Crippen molar-refractivity contribution in [1.29, 1.82) is 0 Å². The minimum Gasteiger partial charge on any atom is -0.459 e. The zero-order chi connectivity index (χ0) is 25.5. The van der Waals surface area contributed by atoms with Crippen LogP contribution < -0.4 is 15.5 Å². The Hall–Kier alpha value is -2.76. The Labute approximate surface area is 208 Å². The van der Waals surface area contributed by atoms with E-state index in [0.29, 0.717) is 35.1 Å². The third-order valence-electron chi connectivity index (χ3n) is 5.47. The van der Waals surface area contributed by atoms with E-state index in [0.717, 1.165) is 19.5 Å². The molecule has 11 heteroatoms. The number of amides is 3. The van der Waals surface area contributed by atoms with Crippen molar-refractivity contribution in [2.24, 2.45) is 0 Å². The van der Waals surface area contributed by atoms with Crippen LogP contribution in [0.4, 0.5) is 14.9 Å². The molecule has 4 heterocycles. The molecule has 0 radical (unpaired) electrons. The highest BCUT2D eigenvalue weighted by atomic mass is 32.2. The van der Waals surface area contributed by atoms with Gasteiger partial charge in [-0.05, 0) is 32.4 Å². The van der Waals surface area contributed by atoms with Crippen LogP contribution in [0.5, 0.6) is 0 Å². The first-order valence-corrected chi connectivity index (χ1v) is 12.4. The molecule has 192 valence electrons. The van der Waals surface area contributed by atoms with Crippen molar-refractivity contribution < 1.29 is 34.1 Å². The summed E-state index contributed by atoms with van der Waals surface area (Å²) in [6.07, 6.45) is 2.91. The van der Waals surface area contributed by atoms with Crippen LogP contribution in [0.3, 0.4) is 0 Å². The first-order chi connectivity index (χ1) is 16.7. The number of fused-ring (bicyclic) bond motifs is 1. The fourth-order valence-electron chi connectivity index (χ4n) is 3.80. The number of ether oxygens (including phenoxy) is 1. The number of imide groups is 1. The molecule has 0 saturated carbocycles. The molecule has 1 aromatic heterocycles. The Morgan fingerprint density at radius 1 is 1.11 bits per heavy atom. The van der Waals surface area contributed by atoms with Crippen LogP contribution in [0.15, 0.2) is 28.9 Å². The third-order valence-corrected chi connectivity index (χ3v) is 6.71. The highest BCUT2D eigenvalue weighted by molar-refractivity contribution is 8.14. The number of piperidine rings is 1. The minimum atomic E-state index is -0.490. The number of thioether (sulfide) groups is 1. The summed E-state index contributed by atoms with van der Waals surface area (Å²) in [4.78, 5) is 44.7. The van der Waals surface area contributed by atoms with Crippen LogP contribution in [0.1, 0.15) is 41.5 Å². The van der Waals surface area contributed by atoms with Crippen molar-refractivity contribution in [3.05, 3.63) is 30.3 Å². The van der Waals surface area contributed by atoms with Crippen LogP contribution in [-0.2, 0) is 19.1 Å². The van der Waals surface area contributed by atoms with Crippen molar-refractivity contribution in [3.63, 3.8) is 0 Å². The second kappa shape index (κ2) is 12.3. The standard InChI is InChI=1S/C13H12FNO2S.C6H13NO.C5H5NO3.H2/c1-2-8-6-15(13(16)18-8)11-7-17-12-9(11)4-3-5-10(12)14;1-5-3-7-4-6(2)8-5;7-3-1-4(8)6-5(9)2-3;/h3-5,7-8H,2,6H2,1H3;5-7H,3-4H2,1-2H3;1-2H2,(H,6,8,9);1H/t8-;5-,6+;;/m0.../s1. The van der Waals surface area contributed by atoms with E-state index >= 15 is 0 Å². The van der Waals surface area contributed by atoms with Gasteiger partial charge in [0.05, 0.1) is 30.7 Å². The van der Waals surface area contributed by atoms with Crippen molar-refractivity contribution in [2.75, 3.05) is 24.5 Å². The van der Waals surface area contributed by atoms with Crippen molar-refractivity contribution in [3.8, 4) is 0 Å². The van der Waals surface area contributed by atoms with Gasteiger partial charge < -0.3 is 14.5 Å². The second-order valence-electron chi connectivity index (χ2n) is 8.54. The third kappa shape index (κ3) is 7.36. The van der Waals surface area contributed by atoms with Crippen molar-refractivity contribution in [2.45, 2.75) is 57.5 Å². The normalized spacial score (nSPS) is 24.5. The number of ketones is 1. The fourth-order valence-corrected chi connectivity index (χ4v) is 4.77. The number of hydrogen-bond acceptors (Lipinski definition) is 8. The number of hydrogen-bond donors (Lipinski definition) is 2. The number of Topliss-reactive ketones (excluding diaryl/α,β-unsaturated/α-hetero) is 1. The summed E-state index contributed by atoms with van der Waals surface area (Å²) in [5, 5.41) is 6.23. The maximum Gasteiger partial charge on any atom is 0.286 e. The number of halogens is 1. The topological polar surface area (TPSA) is 118 Å². The van der Waals surface area contributed by atoms with E-state index in [2.05, 4.69) is 26.1 Å². The lowest BCUT2D eigenvalue weighted by molar-refractivity contribution is -0.138. The average molecular weight is 510 g/mol. The van der Waals surface area contributed by atoms with Gasteiger partial charge >= 0.3 is 0 Å². The van der Waals surface area contributed by atoms with Gasteiger partial charge in [0.1, 0.15) is 6.26 Å². The predicted octanol–water partition coefficient (Wildman–Crippen LogP) is 3.65. The highest BCUT2D eigenvalue weighted by Gasteiger charge is 2.32. The SMILES string of the molecule is CC[C@H]1CN(c2coc3c(F)cccc23)C(=O)S1.C[C@@H]1CNC[C@H](C)O1.O=C1CC(=O)NC(=O)C1.[HH]. The average Bonchev–Trinajstić information content (AvgIpc) is 3.37. The number of furan rings is 1. The number of morpholine rings is 1. The number of carbonyl (C=O) groups excluding carboxylic acids is 4. The Morgan fingerprint density at radius 2 is 1.77 bits per heavy atom. The molecule has 35 heavy (non-hydrogen) atoms. The van der Waals surface area contributed by atoms with Gasteiger partial charge in [-0.15, -0.1) is 0 Å². The Bertz CT molecular complexity index is 1040. The number of rotatable bonds is 2. The molecule has 0 spiro atoms. The number of anilines is 1. The van der Waals surface area contributed by atoms with E-state index < -0.39 is 17.6 Å². The van der Waals surface area contributed by atoms with E-state index in [9.17, 15) is 23.6 Å². The first kappa shape index (κ1) is 26.8. The summed E-state index contributed by atoms with van der Waals surface area (Å²) in [6, 6.07) is 4.75. The molecule has 2 aromatic rings. The molecule has 9 nitrogen and oxygen atoms in total. The van der Waals surface area contributed by atoms with Gasteiger partial charge in [0.2, 0.25) is 11.8 Å². The van der Waals surface area contributed by atoms with E-state index in [1.54, 1.807) is 17.0 Å². The Kier molecular flexibility index (Phi) is 9.41. The van der Waals surface area contributed by atoms with Crippen molar-refractivity contribution in [1.82, 2.24) is 10.6 Å². The summed E-state index contributed by atoms with van der Waals surface area (Å²) >= 11 is 1.34. The molecule has 3 fully saturated rings. The predicted molar refractivity (Wildman–Crippen MR) is 133 cm³/mol. The van der Waals surface area contributed by atoms with Gasteiger partial charge in [-0.3, -0.25) is 29.4 Å². The summed E-state index contributed by atoms with van der Waals surface area (Å²) < 4.78 is 24.2. The van der Waals surface area contributed by atoms with E-state index in [4.69, 9.17) is 9.15 Å². The number of para-hydroxylation sites is 1. The first-order valence-electron chi connectivity index (χ1n) is 11.5. The largest absolute Gasteiger partial charge is 0.459 e. The summed E-state index contributed by atoms with van der Waals surface area (Å²) in [7, 11) is 0. The summed E-state index contributed by atoms with van der Waals surface area (Å²) in [5.41, 5.74) is 0.878. The van der Waals surface area contributed by atoms with Crippen LogP contribution in [-0.4, -0.2) is 59.9 Å². The molecule has 0 aliphatic carbocycles. The number of benzene rings is 1. The molecule has 5 rings (SSSR count). The molecule has 1 aromatic carbocycles. The zero-order valence-corrected chi connectivity index (χ0v) is 20.8. The van der Waals surface area contributed by atoms with Crippen LogP contribution >= 0.6 is 11.8 Å². The van der Waals surface area contributed by atoms with E-state index in [1.165, 1.54) is 24.1 Å². The summed E-state index contributed by atoms with van der Waals surface area (Å²) in [6.45, 7) is 8.90. The van der Waals surface area contributed by atoms with Crippen LogP contribution in [0.2, 0.25) is 0 Å². The number of nitrogens with one attached hydrogen (secondary N) is 2. The Morgan fingerprint density at radius 3 is 2.29 bits per heavy atom. The molecule has 0 bridgehead atoms. The van der Waals surface area contributed by atoms with Crippen LogP contribution in [0.25, 0.3) is 11.0 Å². The van der Waals surface area contributed by atoms with Gasteiger partial charge in [-0.2, -0.15) is 0 Å². The molecule has 3 saturated heterocycles. The van der Waals surface area contributed by atoms with Gasteiger partial charge in [0.25, 0.3) is 5.24 Å². The van der Waals surface area contributed by atoms with Gasteiger partial charge in [0, 0.05) is 31.7 Å². The highest BCUT2D eigenvalue weighted by Crippen LogP contribution is 2.37. The maximum atomic E-state index is 13.5. The molecule has 3 atom stereocenters. The fraction of sp³-hybridized carbons (Fsp3) is 0.500. The summed E-state index contributed by atoms with van der Waals surface area (Å²) in [5.74, 6) is -1.68.